The van der Waals surface area contributed by atoms with E-state index >= 15 is 0 Å². The first-order valence-electron chi connectivity index (χ1n) is 8.57. The molecule has 138 valence electrons. The van der Waals surface area contributed by atoms with Gasteiger partial charge in [0.1, 0.15) is 23.3 Å². The minimum Gasteiger partial charge on any atom is -0.368 e. The number of nitrogens with zero attached hydrogens (tertiary/aromatic N) is 4. The number of anilines is 3. The van der Waals surface area contributed by atoms with Gasteiger partial charge in [0.15, 0.2) is 0 Å². The van der Waals surface area contributed by atoms with Crippen molar-refractivity contribution in [1.82, 2.24) is 25.3 Å². The Morgan fingerprint density at radius 3 is 2.63 bits per heavy atom. The van der Waals surface area contributed by atoms with Gasteiger partial charge >= 0.3 is 0 Å². The lowest BCUT2D eigenvalue weighted by Crippen LogP contribution is -2.29. The maximum absolute atomic E-state index is 12.0. The van der Waals surface area contributed by atoms with Crippen LogP contribution in [-0.4, -0.2) is 38.9 Å². The van der Waals surface area contributed by atoms with Crippen molar-refractivity contribution >= 4 is 23.4 Å². The summed E-state index contributed by atoms with van der Waals surface area (Å²) in [5, 5.41) is 9.20. The van der Waals surface area contributed by atoms with Gasteiger partial charge in [0.2, 0.25) is 0 Å². The maximum Gasteiger partial charge on any atom is 0.252 e. The van der Waals surface area contributed by atoms with Crippen LogP contribution in [0.2, 0.25) is 0 Å². The molecule has 0 fully saturated rings. The van der Waals surface area contributed by atoms with Gasteiger partial charge < -0.3 is 16.0 Å². The van der Waals surface area contributed by atoms with Crippen molar-refractivity contribution in [3.63, 3.8) is 0 Å². The Bertz CT molecular complexity index is 915. The molecule has 0 saturated carbocycles. The minimum atomic E-state index is -0.156. The number of amides is 1. The fourth-order valence-corrected chi connectivity index (χ4v) is 2.42. The molecule has 0 spiro atoms. The standard InChI is InChI=1S/C19H21N7O/c1-13-5-7-21-16(10-13)26-18-11-17(24-14(2)25-18)22-8-9-23-19(27)15-4-3-6-20-12-15/h3-7,10-12H,8-9H2,1-2H3,(H,23,27)(H2,21,22,24,25,26). The summed E-state index contributed by atoms with van der Waals surface area (Å²) in [5.74, 6) is 2.53. The molecule has 0 saturated heterocycles. The number of hydrogen-bond donors (Lipinski definition) is 3. The number of aromatic nitrogens is 4. The second-order valence-electron chi connectivity index (χ2n) is 5.95. The first-order valence-corrected chi connectivity index (χ1v) is 8.57. The molecule has 0 aromatic carbocycles. The zero-order valence-electron chi connectivity index (χ0n) is 15.2. The van der Waals surface area contributed by atoms with Crippen LogP contribution in [0.5, 0.6) is 0 Å². The molecule has 0 aliphatic carbocycles. The van der Waals surface area contributed by atoms with Crippen molar-refractivity contribution in [2.24, 2.45) is 0 Å². The first-order chi connectivity index (χ1) is 13.1. The largest absolute Gasteiger partial charge is 0.368 e. The number of pyridine rings is 2. The Kier molecular flexibility index (Phi) is 5.88. The molecule has 0 bridgehead atoms. The summed E-state index contributed by atoms with van der Waals surface area (Å²) in [6, 6.07) is 9.14. The summed E-state index contributed by atoms with van der Waals surface area (Å²) in [6.45, 7) is 4.82. The number of carbonyl (C=O) groups is 1. The van der Waals surface area contributed by atoms with Crippen molar-refractivity contribution in [2.75, 3.05) is 23.7 Å². The second-order valence-corrected chi connectivity index (χ2v) is 5.95. The van der Waals surface area contributed by atoms with Crippen molar-refractivity contribution in [1.29, 1.82) is 0 Å². The maximum atomic E-state index is 12.0. The highest BCUT2D eigenvalue weighted by Gasteiger charge is 2.05. The third kappa shape index (κ3) is 5.46. The van der Waals surface area contributed by atoms with E-state index in [1.165, 1.54) is 6.20 Å². The number of rotatable bonds is 7. The van der Waals surface area contributed by atoms with Gasteiger partial charge in [0.25, 0.3) is 5.91 Å². The lowest BCUT2D eigenvalue weighted by atomic mass is 10.3. The van der Waals surface area contributed by atoms with Gasteiger partial charge in [-0.15, -0.1) is 0 Å². The van der Waals surface area contributed by atoms with Gasteiger partial charge in [-0.3, -0.25) is 9.78 Å². The Labute approximate surface area is 157 Å². The normalized spacial score (nSPS) is 10.3. The Hall–Kier alpha value is -3.55. The highest BCUT2D eigenvalue weighted by atomic mass is 16.1. The van der Waals surface area contributed by atoms with Gasteiger partial charge in [0, 0.05) is 37.7 Å². The SMILES string of the molecule is Cc1ccnc(Nc2cc(NCCNC(=O)c3cccnc3)nc(C)n2)c1. The number of nitrogens with one attached hydrogen (secondary N) is 3. The predicted octanol–water partition coefficient (Wildman–Crippen LogP) is 2.47. The molecule has 3 rings (SSSR count). The average molecular weight is 363 g/mol. The molecular weight excluding hydrogens is 342 g/mol. The lowest BCUT2D eigenvalue weighted by molar-refractivity contribution is 0.0955. The molecule has 0 atom stereocenters. The van der Waals surface area contributed by atoms with E-state index in [1.807, 2.05) is 26.0 Å². The lowest BCUT2D eigenvalue weighted by Gasteiger charge is -2.10. The van der Waals surface area contributed by atoms with Gasteiger partial charge in [-0.25, -0.2) is 15.0 Å². The minimum absolute atomic E-state index is 0.156. The smallest absolute Gasteiger partial charge is 0.252 e. The van der Waals surface area contributed by atoms with Crippen LogP contribution >= 0.6 is 0 Å². The van der Waals surface area contributed by atoms with Crippen LogP contribution in [0.1, 0.15) is 21.7 Å². The topological polar surface area (TPSA) is 105 Å². The Morgan fingerprint density at radius 2 is 1.85 bits per heavy atom. The second kappa shape index (κ2) is 8.70. The molecule has 3 aromatic heterocycles. The van der Waals surface area contributed by atoms with Crippen LogP contribution in [0.3, 0.4) is 0 Å². The summed E-state index contributed by atoms with van der Waals surface area (Å²) in [4.78, 5) is 28.9. The molecule has 0 unspecified atom stereocenters. The van der Waals surface area contributed by atoms with E-state index in [4.69, 9.17) is 0 Å². The van der Waals surface area contributed by atoms with Crippen LogP contribution in [-0.2, 0) is 0 Å². The highest BCUT2D eigenvalue weighted by Crippen LogP contribution is 2.16. The molecule has 8 heteroatoms. The van der Waals surface area contributed by atoms with E-state index in [0.717, 1.165) is 11.4 Å². The van der Waals surface area contributed by atoms with E-state index < -0.39 is 0 Å². The number of carbonyl (C=O) groups excluding carboxylic acids is 1. The molecule has 0 aliphatic rings. The molecule has 3 heterocycles. The van der Waals surface area contributed by atoms with E-state index in [2.05, 4.69) is 35.9 Å². The molecule has 3 aromatic rings. The van der Waals surface area contributed by atoms with Gasteiger partial charge in [0.05, 0.1) is 5.56 Å². The first kappa shape index (κ1) is 18.2. The van der Waals surface area contributed by atoms with Crippen LogP contribution in [0.25, 0.3) is 0 Å². The summed E-state index contributed by atoms with van der Waals surface area (Å²) in [5.41, 5.74) is 1.65. The molecule has 1 amide bonds. The Balaban J connectivity index is 1.54. The predicted molar refractivity (Wildman–Crippen MR) is 104 cm³/mol. The van der Waals surface area contributed by atoms with Crippen molar-refractivity contribution in [3.8, 4) is 0 Å². The molecule has 8 nitrogen and oxygen atoms in total. The molecular formula is C19H21N7O. The van der Waals surface area contributed by atoms with Gasteiger partial charge in [-0.05, 0) is 43.7 Å². The van der Waals surface area contributed by atoms with E-state index in [9.17, 15) is 4.79 Å². The quantitative estimate of drug-likeness (QED) is 0.554. The van der Waals surface area contributed by atoms with Crippen molar-refractivity contribution < 1.29 is 4.79 Å². The number of aryl methyl sites for hydroxylation is 2. The van der Waals surface area contributed by atoms with Crippen LogP contribution in [0.4, 0.5) is 17.5 Å². The third-order valence-electron chi connectivity index (χ3n) is 3.65. The van der Waals surface area contributed by atoms with Crippen molar-refractivity contribution in [2.45, 2.75) is 13.8 Å². The average Bonchev–Trinajstić information content (AvgIpc) is 2.65. The zero-order chi connectivity index (χ0) is 19.1. The number of hydrogen-bond acceptors (Lipinski definition) is 7. The van der Waals surface area contributed by atoms with Crippen LogP contribution < -0.4 is 16.0 Å². The van der Waals surface area contributed by atoms with Gasteiger partial charge in [-0.2, -0.15) is 0 Å². The third-order valence-corrected chi connectivity index (χ3v) is 3.65. The van der Waals surface area contributed by atoms with Crippen LogP contribution in [0.15, 0.2) is 48.9 Å². The van der Waals surface area contributed by atoms with Crippen molar-refractivity contribution in [3.05, 3.63) is 65.9 Å². The monoisotopic (exact) mass is 363 g/mol. The summed E-state index contributed by atoms with van der Waals surface area (Å²) in [6.07, 6.45) is 4.91. The van der Waals surface area contributed by atoms with E-state index in [0.29, 0.717) is 36.1 Å². The Morgan fingerprint density at radius 1 is 1.00 bits per heavy atom. The fraction of sp³-hybridized carbons (Fsp3) is 0.211. The summed E-state index contributed by atoms with van der Waals surface area (Å²) >= 11 is 0. The molecule has 27 heavy (non-hydrogen) atoms. The van der Waals surface area contributed by atoms with Gasteiger partial charge in [-0.1, -0.05) is 0 Å². The summed E-state index contributed by atoms with van der Waals surface area (Å²) < 4.78 is 0. The van der Waals surface area contributed by atoms with Crippen LogP contribution in [0, 0.1) is 13.8 Å². The van der Waals surface area contributed by atoms with E-state index in [-0.39, 0.29) is 5.91 Å². The molecule has 0 radical (unpaired) electrons. The molecule has 0 aliphatic heterocycles. The fourth-order valence-electron chi connectivity index (χ4n) is 2.42. The molecule has 3 N–H and O–H groups in total. The zero-order valence-corrected chi connectivity index (χ0v) is 15.2. The highest BCUT2D eigenvalue weighted by molar-refractivity contribution is 5.93. The summed E-state index contributed by atoms with van der Waals surface area (Å²) in [7, 11) is 0. The van der Waals surface area contributed by atoms with E-state index in [1.54, 1.807) is 30.6 Å².